The highest BCUT2D eigenvalue weighted by atomic mass is 32.1. The number of hydrogen-bond donors (Lipinski definition) is 2. The van der Waals surface area contributed by atoms with E-state index in [-0.39, 0.29) is 0 Å². The van der Waals surface area contributed by atoms with Crippen LogP contribution in [0.4, 0.5) is 10.8 Å². The van der Waals surface area contributed by atoms with Crippen molar-refractivity contribution in [3.63, 3.8) is 0 Å². The molecule has 0 amide bonds. The molecule has 3 N–H and O–H groups in total. The van der Waals surface area contributed by atoms with Gasteiger partial charge in [-0.15, -0.1) is 0 Å². The number of nitrogens with one attached hydrogen (secondary N) is 1. The van der Waals surface area contributed by atoms with Crippen molar-refractivity contribution in [2.24, 2.45) is 5.73 Å². The van der Waals surface area contributed by atoms with Crippen LogP contribution >= 0.6 is 23.8 Å². The third-order valence-electron chi connectivity index (χ3n) is 1.96. The standard InChI is InChI=1S/C10H10N4S2/c1-6-12-10(16-14-6)13-8-5-3-2-4-7(8)9(11)15/h2-5H,1H3,(H2,11,15)(H,12,13,14). The maximum absolute atomic E-state index is 5.63. The minimum absolute atomic E-state index is 0.365. The molecule has 0 bridgehead atoms. The number of hydrogen-bond acceptors (Lipinski definition) is 5. The number of benzene rings is 1. The zero-order valence-electron chi connectivity index (χ0n) is 8.60. The number of nitrogens with two attached hydrogens (primary N) is 1. The van der Waals surface area contributed by atoms with Crippen LogP contribution in [-0.4, -0.2) is 14.3 Å². The van der Waals surface area contributed by atoms with E-state index in [1.165, 1.54) is 11.5 Å². The largest absolute Gasteiger partial charge is 0.389 e. The molecule has 0 fully saturated rings. The predicted molar refractivity (Wildman–Crippen MR) is 70.3 cm³/mol. The molecule has 0 aliphatic carbocycles. The van der Waals surface area contributed by atoms with Crippen LogP contribution in [0.25, 0.3) is 0 Å². The van der Waals surface area contributed by atoms with Crippen molar-refractivity contribution in [1.29, 1.82) is 0 Å². The van der Waals surface area contributed by atoms with Gasteiger partial charge in [0.15, 0.2) is 0 Å². The number of anilines is 2. The van der Waals surface area contributed by atoms with Gasteiger partial charge in [-0.2, -0.15) is 4.37 Å². The molecule has 1 heterocycles. The summed E-state index contributed by atoms with van der Waals surface area (Å²) in [5.41, 5.74) is 7.30. The summed E-state index contributed by atoms with van der Waals surface area (Å²) >= 11 is 6.28. The molecular formula is C10H10N4S2. The normalized spacial score (nSPS) is 10.1. The average Bonchev–Trinajstić information content (AvgIpc) is 2.64. The van der Waals surface area contributed by atoms with Crippen LogP contribution in [0.15, 0.2) is 24.3 Å². The summed E-state index contributed by atoms with van der Waals surface area (Å²) in [5, 5.41) is 3.89. The van der Waals surface area contributed by atoms with Crippen molar-refractivity contribution in [2.45, 2.75) is 6.92 Å². The van der Waals surface area contributed by atoms with Gasteiger partial charge in [0.05, 0.1) is 5.69 Å². The summed E-state index contributed by atoms with van der Waals surface area (Å²) in [7, 11) is 0. The van der Waals surface area contributed by atoms with E-state index in [1.807, 2.05) is 31.2 Å². The molecule has 16 heavy (non-hydrogen) atoms. The number of aromatic nitrogens is 2. The SMILES string of the molecule is Cc1nsc(Nc2ccccc2C(N)=S)n1. The number of rotatable bonds is 3. The molecule has 1 aromatic carbocycles. The first-order valence-corrected chi connectivity index (χ1v) is 5.81. The van der Waals surface area contributed by atoms with Crippen LogP contribution in [0, 0.1) is 6.92 Å². The molecule has 0 unspecified atom stereocenters. The quantitative estimate of drug-likeness (QED) is 0.818. The van der Waals surface area contributed by atoms with Crippen LogP contribution in [0.3, 0.4) is 0 Å². The zero-order valence-corrected chi connectivity index (χ0v) is 10.2. The van der Waals surface area contributed by atoms with Crippen LogP contribution < -0.4 is 11.1 Å². The van der Waals surface area contributed by atoms with Gasteiger partial charge in [0.1, 0.15) is 10.8 Å². The van der Waals surface area contributed by atoms with Crippen molar-refractivity contribution in [1.82, 2.24) is 9.36 Å². The molecule has 0 radical (unpaired) electrons. The molecule has 2 rings (SSSR count). The van der Waals surface area contributed by atoms with Gasteiger partial charge in [-0.25, -0.2) is 4.98 Å². The van der Waals surface area contributed by atoms with Gasteiger partial charge in [-0.1, -0.05) is 24.4 Å². The van der Waals surface area contributed by atoms with Crippen LogP contribution in [0.5, 0.6) is 0 Å². The fourth-order valence-corrected chi connectivity index (χ4v) is 2.04. The summed E-state index contributed by atoms with van der Waals surface area (Å²) in [6, 6.07) is 7.59. The molecule has 0 saturated carbocycles. The second kappa shape index (κ2) is 4.54. The fourth-order valence-electron chi connectivity index (χ4n) is 1.27. The van der Waals surface area contributed by atoms with Crippen LogP contribution in [0.2, 0.25) is 0 Å². The Balaban J connectivity index is 2.31. The first-order valence-electron chi connectivity index (χ1n) is 4.63. The number of thiocarbonyl (C=S) groups is 1. The molecule has 1 aromatic heterocycles. The second-order valence-electron chi connectivity index (χ2n) is 3.18. The van der Waals surface area contributed by atoms with Gasteiger partial charge in [0.2, 0.25) is 5.13 Å². The Bertz CT molecular complexity index is 521. The van der Waals surface area contributed by atoms with E-state index in [2.05, 4.69) is 14.7 Å². The molecular weight excluding hydrogens is 240 g/mol. The molecule has 0 spiro atoms. The lowest BCUT2D eigenvalue weighted by Crippen LogP contribution is -2.11. The van der Waals surface area contributed by atoms with E-state index in [1.54, 1.807) is 0 Å². The van der Waals surface area contributed by atoms with Gasteiger partial charge in [0, 0.05) is 17.1 Å². The van der Waals surface area contributed by atoms with Crippen molar-refractivity contribution in [3.8, 4) is 0 Å². The topological polar surface area (TPSA) is 63.8 Å². The molecule has 6 heteroatoms. The summed E-state index contributed by atoms with van der Waals surface area (Å²) in [5.74, 6) is 0.750. The third kappa shape index (κ3) is 2.34. The number of para-hydroxylation sites is 1. The van der Waals surface area contributed by atoms with E-state index in [0.717, 1.165) is 22.2 Å². The predicted octanol–water partition coefficient (Wildman–Crippen LogP) is 2.22. The van der Waals surface area contributed by atoms with E-state index >= 15 is 0 Å². The zero-order chi connectivity index (χ0) is 11.5. The summed E-state index contributed by atoms with van der Waals surface area (Å²) in [6.07, 6.45) is 0. The molecule has 0 atom stereocenters. The lowest BCUT2D eigenvalue weighted by molar-refractivity contribution is 1.17. The highest BCUT2D eigenvalue weighted by Crippen LogP contribution is 2.21. The second-order valence-corrected chi connectivity index (χ2v) is 4.37. The molecule has 82 valence electrons. The average molecular weight is 250 g/mol. The van der Waals surface area contributed by atoms with Crippen molar-refractivity contribution in [2.75, 3.05) is 5.32 Å². The lowest BCUT2D eigenvalue weighted by Gasteiger charge is -2.07. The monoisotopic (exact) mass is 250 g/mol. The Morgan fingerprint density at radius 1 is 1.44 bits per heavy atom. The maximum atomic E-state index is 5.63. The van der Waals surface area contributed by atoms with Gasteiger partial charge in [0.25, 0.3) is 0 Å². The minimum Gasteiger partial charge on any atom is -0.389 e. The highest BCUT2D eigenvalue weighted by molar-refractivity contribution is 7.80. The minimum atomic E-state index is 0.365. The Morgan fingerprint density at radius 3 is 2.81 bits per heavy atom. The fraction of sp³-hybridized carbons (Fsp3) is 0.100. The lowest BCUT2D eigenvalue weighted by atomic mass is 10.2. The van der Waals surface area contributed by atoms with E-state index in [4.69, 9.17) is 18.0 Å². The molecule has 4 nitrogen and oxygen atoms in total. The van der Waals surface area contributed by atoms with Gasteiger partial charge in [-0.3, -0.25) is 0 Å². The van der Waals surface area contributed by atoms with Gasteiger partial charge < -0.3 is 11.1 Å². The van der Waals surface area contributed by atoms with Crippen LogP contribution in [0.1, 0.15) is 11.4 Å². The Kier molecular flexibility index (Phi) is 3.12. The molecule has 2 aromatic rings. The third-order valence-corrected chi connectivity index (χ3v) is 2.90. The Labute approximate surface area is 103 Å². The molecule has 0 aliphatic rings. The number of nitrogens with zero attached hydrogens (tertiary/aromatic N) is 2. The maximum Gasteiger partial charge on any atom is 0.207 e. The highest BCUT2D eigenvalue weighted by Gasteiger charge is 2.06. The summed E-state index contributed by atoms with van der Waals surface area (Å²) < 4.78 is 4.09. The van der Waals surface area contributed by atoms with E-state index in [9.17, 15) is 0 Å². The Hall–Kier alpha value is -1.53. The smallest absolute Gasteiger partial charge is 0.207 e. The van der Waals surface area contributed by atoms with Crippen molar-refractivity contribution in [3.05, 3.63) is 35.7 Å². The van der Waals surface area contributed by atoms with Crippen LogP contribution in [-0.2, 0) is 0 Å². The van der Waals surface area contributed by atoms with E-state index in [0.29, 0.717) is 4.99 Å². The molecule has 0 aliphatic heterocycles. The summed E-state index contributed by atoms with van der Waals surface area (Å²) in [6.45, 7) is 1.85. The van der Waals surface area contributed by atoms with Gasteiger partial charge in [-0.05, 0) is 19.1 Å². The van der Waals surface area contributed by atoms with Gasteiger partial charge >= 0.3 is 0 Å². The first-order chi connectivity index (χ1) is 7.66. The van der Waals surface area contributed by atoms with Crippen molar-refractivity contribution < 1.29 is 0 Å². The first kappa shape index (κ1) is 11.0. The Morgan fingerprint density at radius 2 is 2.19 bits per heavy atom. The summed E-state index contributed by atoms with van der Waals surface area (Å²) in [4.78, 5) is 4.58. The van der Waals surface area contributed by atoms with E-state index < -0.39 is 0 Å². The number of aryl methyl sites for hydroxylation is 1. The molecule has 0 saturated heterocycles. The van der Waals surface area contributed by atoms with Crippen molar-refractivity contribution >= 4 is 39.6 Å².